The molecule has 0 aliphatic heterocycles. The molecule has 0 spiro atoms. The topological polar surface area (TPSA) is 90.0 Å². The molecule has 19 heavy (non-hydrogen) atoms. The van der Waals surface area contributed by atoms with Crippen LogP contribution >= 0.6 is 0 Å². The lowest BCUT2D eigenvalue weighted by molar-refractivity contribution is 0.498. The van der Waals surface area contributed by atoms with Gasteiger partial charge in [-0.25, -0.2) is 13.1 Å². The Hall–Kier alpha value is -1.08. The molecule has 0 amide bonds. The van der Waals surface area contributed by atoms with Crippen LogP contribution in [0.2, 0.25) is 0 Å². The van der Waals surface area contributed by atoms with Gasteiger partial charge in [-0.3, -0.25) is 4.68 Å². The monoisotopic (exact) mass is 286 g/mol. The summed E-state index contributed by atoms with van der Waals surface area (Å²) in [5.74, 6) is 1.19. The SMILES string of the molecule is Cc1c(S(=O)(=O)NCC2CCC(C)C2)c(N)nn1C. The van der Waals surface area contributed by atoms with E-state index in [2.05, 4.69) is 16.7 Å². The van der Waals surface area contributed by atoms with Gasteiger partial charge in [0, 0.05) is 13.6 Å². The molecule has 6 nitrogen and oxygen atoms in total. The molecule has 1 aliphatic rings. The Balaban J connectivity index is 2.10. The number of aromatic nitrogens is 2. The van der Waals surface area contributed by atoms with Crippen LogP contribution in [0.1, 0.15) is 31.9 Å². The Kier molecular flexibility index (Phi) is 3.87. The summed E-state index contributed by atoms with van der Waals surface area (Å²) >= 11 is 0. The zero-order valence-corrected chi connectivity index (χ0v) is 12.5. The minimum absolute atomic E-state index is 0.0623. The van der Waals surface area contributed by atoms with Crippen molar-refractivity contribution >= 4 is 15.8 Å². The predicted molar refractivity (Wildman–Crippen MR) is 74.1 cm³/mol. The van der Waals surface area contributed by atoms with Crippen molar-refractivity contribution in [2.45, 2.75) is 38.0 Å². The van der Waals surface area contributed by atoms with Crippen LogP contribution in [-0.2, 0) is 17.1 Å². The highest BCUT2D eigenvalue weighted by molar-refractivity contribution is 7.89. The number of aryl methyl sites for hydroxylation is 1. The number of rotatable bonds is 4. The highest BCUT2D eigenvalue weighted by Crippen LogP contribution is 2.30. The van der Waals surface area contributed by atoms with Crippen LogP contribution in [0, 0.1) is 18.8 Å². The molecule has 1 aromatic heterocycles. The lowest BCUT2D eigenvalue weighted by Crippen LogP contribution is -2.29. The maximum atomic E-state index is 12.3. The lowest BCUT2D eigenvalue weighted by Gasteiger charge is -2.11. The van der Waals surface area contributed by atoms with Gasteiger partial charge in [-0.1, -0.05) is 13.3 Å². The van der Waals surface area contributed by atoms with Crippen molar-refractivity contribution in [1.29, 1.82) is 0 Å². The molecule has 0 saturated heterocycles. The second-order valence-corrected chi connectivity index (χ2v) is 7.26. The van der Waals surface area contributed by atoms with Gasteiger partial charge in [0.25, 0.3) is 0 Å². The van der Waals surface area contributed by atoms with Crippen molar-refractivity contribution in [3.63, 3.8) is 0 Å². The fourth-order valence-corrected chi connectivity index (χ4v) is 4.19. The van der Waals surface area contributed by atoms with Crippen molar-refractivity contribution in [2.75, 3.05) is 12.3 Å². The Morgan fingerprint density at radius 2 is 2.16 bits per heavy atom. The van der Waals surface area contributed by atoms with Gasteiger partial charge < -0.3 is 5.73 Å². The van der Waals surface area contributed by atoms with Crippen molar-refractivity contribution < 1.29 is 8.42 Å². The number of hydrogen-bond acceptors (Lipinski definition) is 4. The molecule has 3 N–H and O–H groups in total. The van der Waals surface area contributed by atoms with Gasteiger partial charge in [0.1, 0.15) is 4.90 Å². The van der Waals surface area contributed by atoms with Crippen LogP contribution in [0.5, 0.6) is 0 Å². The van der Waals surface area contributed by atoms with E-state index in [1.54, 1.807) is 14.0 Å². The summed E-state index contributed by atoms with van der Waals surface area (Å²) in [4.78, 5) is 0.112. The number of nitrogens with one attached hydrogen (secondary N) is 1. The smallest absolute Gasteiger partial charge is 0.246 e. The minimum atomic E-state index is -3.56. The molecule has 2 unspecified atom stereocenters. The van der Waals surface area contributed by atoms with Crippen LogP contribution < -0.4 is 10.5 Å². The van der Waals surface area contributed by atoms with Crippen molar-refractivity contribution in [2.24, 2.45) is 18.9 Å². The van der Waals surface area contributed by atoms with Gasteiger partial charge in [0.05, 0.1) is 5.69 Å². The largest absolute Gasteiger partial charge is 0.381 e. The van der Waals surface area contributed by atoms with E-state index in [9.17, 15) is 8.42 Å². The molecule has 0 bridgehead atoms. The molecule has 1 aromatic rings. The van der Waals surface area contributed by atoms with E-state index >= 15 is 0 Å². The van der Waals surface area contributed by atoms with Gasteiger partial charge in [-0.2, -0.15) is 5.10 Å². The van der Waals surface area contributed by atoms with Crippen LogP contribution in [0.25, 0.3) is 0 Å². The van der Waals surface area contributed by atoms with E-state index in [0.717, 1.165) is 12.8 Å². The zero-order chi connectivity index (χ0) is 14.2. The summed E-state index contributed by atoms with van der Waals surface area (Å²) in [7, 11) is -1.88. The minimum Gasteiger partial charge on any atom is -0.381 e. The number of sulfonamides is 1. The maximum Gasteiger partial charge on any atom is 0.246 e. The van der Waals surface area contributed by atoms with Gasteiger partial charge in [-0.15, -0.1) is 0 Å². The van der Waals surface area contributed by atoms with Crippen LogP contribution in [0.4, 0.5) is 5.82 Å². The fourth-order valence-electron chi connectivity index (χ4n) is 2.76. The summed E-state index contributed by atoms with van der Waals surface area (Å²) < 4.78 is 28.7. The molecule has 1 heterocycles. The van der Waals surface area contributed by atoms with Gasteiger partial charge in [-0.05, 0) is 31.6 Å². The fraction of sp³-hybridized carbons (Fsp3) is 0.750. The Bertz CT molecular complexity index is 565. The first-order valence-electron chi connectivity index (χ1n) is 6.60. The summed E-state index contributed by atoms with van der Waals surface area (Å²) in [6.07, 6.45) is 3.36. The number of nitrogen functional groups attached to an aromatic ring is 1. The van der Waals surface area contributed by atoms with Crippen LogP contribution in [0.3, 0.4) is 0 Å². The molecule has 2 atom stereocenters. The molecular weight excluding hydrogens is 264 g/mol. The van der Waals surface area contributed by atoms with Gasteiger partial charge >= 0.3 is 0 Å². The van der Waals surface area contributed by atoms with Crippen molar-refractivity contribution in [1.82, 2.24) is 14.5 Å². The molecular formula is C12H22N4O2S. The molecule has 7 heteroatoms. The standard InChI is InChI=1S/C12H22N4O2S/c1-8-4-5-10(6-8)7-14-19(17,18)11-9(2)16(3)15-12(11)13/h8,10,14H,4-7H2,1-3H3,(H2,13,15). The first-order chi connectivity index (χ1) is 8.81. The molecule has 1 saturated carbocycles. The predicted octanol–water partition coefficient (Wildman–Crippen LogP) is 1.03. The van der Waals surface area contributed by atoms with Gasteiger partial charge in [0.15, 0.2) is 5.82 Å². The van der Waals surface area contributed by atoms with E-state index in [-0.39, 0.29) is 10.7 Å². The molecule has 108 valence electrons. The number of hydrogen-bond donors (Lipinski definition) is 2. The molecule has 0 aromatic carbocycles. The summed E-state index contributed by atoms with van der Waals surface area (Å²) in [5, 5.41) is 3.94. The Labute approximate surface area is 114 Å². The third-order valence-electron chi connectivity index (χ3n) is 3.94. The van der Waals surface area contributed by atoms with E-state index in [1.165, 1.54) is 11.1 Å². The molecule has 2 rings (SSSR count). The highest BCUT2D eigenvalue weighted by atomic mass is 32.2. The normalized spacial score (nSPS) is 23.9. The van der Waals surface area contributed by atoms with E-state index in [4.69, 9.17) is 5.73 Å². The van der Waals surface area contributed by atoms with Crippen molar-refractivity contribution in [3.05, 3.63) is 5.69 Å². The van der Waals surface area contributed by atoms with Gasteiger partial charge in [0.2, 0.25) is 10.0 Å². The number of anilines is 1. The average Bonchev–Trinajstić information content (AvgIpc) is 2.82. The zero-order valence-electron chi connectivity index (χ0n) is 11.7. The second-order valence-electron chi connectivity index (χ2n) is 5.56. The van der Waals surface area contributed by atoms with E-state index < -0.39 is 10.0 Å². The number of nitrogens with two attached hydrogens (primary N) is 1. The van der Waals surface area contributed by atoms with E-state index in [0.29, 0.717) is 24.1 Å². The first-order valence-corrected chi connectivity index (χ1v) is 8.08. The first kappa shape index (κ1) is 14.3. The summed E-state index contributed by atoms with van der Waals surface area (Å²) in [5.41, 5.74) is 6.24. The van der Waals surface area contributed by atoms with E-state index in [1.807, 2.05) is 0 Å². The summed E-state index contributed by atoms with van der Waals surface area (Å²) in [6, 6.07) is 0. The lowest BCUT2D eigenvalue weighted by atomic mass is 10.1. The quantitative estimate of drug-likeness (QED) is 0.865. The third kappa shape index (κ3) is 2.92. The average molecular weight is 286 g/mol. The Morgan fingerprint density at radius 1 is 1.47 bits per heavy atom. The third-order valence-corrected chi connectivity index (χ3v) is 5.53. The maximum absolute atomic E-state index is 12.3. The Morgan fingerprint density at radius 3 is 2.63 bits per heavy atom. The number of nitrogens with zero attached hydrogens (tertiary/aromatic N) is 2. The van der Waals surface area contributed by atoms with Crippen LogP contribution in [0.15, 0.2) is 4.90 Å². The second kappa shape index (κ2) is 5.13. The van der Waals surface area contributed by atoms with Crippen LogP contribution in [-0.4, -0.2) is 24.7 Å². The molecule has 1 fully saturated rings. The molecule has 0 radical (unpaired) electrons. The van der Waals surface area contributed by atoms with Crippen molar-refractivity contribution in [3.8, 4) is 0 Å². The molecule has 1 aliphatic carbocycles. The summed E-state index contributed by atoms with van der Waals surface area (Å²) in [6.45, 7) is 4.40. The highest BCUT2D eigenvalue weighted by Gasteiger charge is 2.27.